The lowest BCUT2D eigenvalue weighted by molar-refractivity contribution is 0.463. The molecule has 1 aromatic carbocycles. The molecule has 88 valence electrons. The summed E-state index contributed by atoms with van der Waals surface area (Å²) in [6.07, 6.45) is 5.42. The zero-order valence-corrected chi connectivity index (χ0v) is 10.1. The van der Waals surface area contributed by atoms with E-state index in [1.165, 1.54) is 25.7 Å². The number of benzene rings is 1. The number of phenolic OH excluding ortho intramolecular Hbond substituents is 1. The van der Waals surface area contributed by atoms with Crippen molar-refractivity contribution in [1.29, 1.82) is 0 Å². The first-order chi connectivity index (χ1) is 7.75. The summed E-state index contributed by atoms with van der Waals surface area (Å²) < 4.78 is 0. The molecule has 0 unspecified atom stereocenters. The molecule has 1 fully saturated rings. The van der Waals surface area contributed by atoms with Crippen LogP contribution in [0, 0.1) is 5.92 Å². The lowest BCUT2D eigenvalue weighted by atomic mass is 10.2. The van der Waals surface area contributed by atoms with Gasteiger partial charge in [-0.05, 0) is 43.5 Å². The summed E-state index contributed by atoms with van der Waals surface area (Å²) in [7, 11) is 0. The number of nitrogens with one attached hydrogen (secondary N) is 1. The first kappa shape index (κ1) is 11.7. The molecule has 0 bridgehead atoms. The summed E-state index contributed by atoms with van der Waals surface area (Å²) in [6.45, 7) is 1.71. The van der Waals surface area contributed by atoms with Gasteiger partial charge in [-0.25, -0.2) is 0 Å². The number of hydrogen-bond acceptors (Lipinski definition) is 2. The Balaban J connectivity index is 1.69. The first-order valence-corrected chi connectivity index (χ1v) is 6.31. The van der Waals surface area contributed by atoms with Crippen LogP contribution in [-0.4, -0.2) is 11.7 Å². The highest BCUT2D eigenvalue weighted by molar-refractivity contribution is 6.30. The predicted molar refractivity (Wildman–Crippen MR) is 66.8 cm³/mol. The van der Waals surface area contributed by atoms with E-state index in [4.69, 9.17) is 11.6 Å². The third-order valence-corrected chi connectivity index (χ3v) is 3.25. The predicted octanol–water partition coefficient (Wildman–Crippen LogP) is 3.33. The van der Waals surface area contributed by atoms with Crippen LogP contribution in [0.15, 0.2) is 18.2 Å². The highest BCUT2D eigenvalue weighted by Gasteiger charge is 2.19. The minimum absolute atomic E-state index is 0.319. The number of halogens is 1. The molecule has 2 N–H and O–H groups in total. The maximum absolute atomic E-state index is 9.59. The molecule has 0 atom stereocenters. The second kappa shape index (κ2) is 5.55. The highest BCUT2D eigenvalue weighted by atomic mass is 35.5. The Bertz CT molecular complexity index is 350. The maximum atomic E-state index is 9.59. The van der Waals surface area contributed by atoms with E-state index in [0.29, 0.717) is 17.3 Å². The van der Waals surface area contributed by atoms with Crippen LogP contribution >= 0.6 is 11.6 Å². The minimum Gasteiger partial charge on any atom is -0.508 e. The van der Waals surface area contributed by atoms with E-state index >= 15 is 0 Å². The van der Waals surface area contributed by atoms with Gasteiger partial charge >= 0.3 is 0 Å². The van der Waals surface area contributed by atoms with Crippen LogP contribution in [0.4, 0.5) is 0 Å². The van der Waals surface area contributed by atoms with Crippen molar-refractivity contribution in [2.45, 2.75) is 32.2 Å². The van der Waals surface area contributed by atoms with Crippen LogP contribution in [0.1, 0.15) is 31.2 Å². The Kier molecular flexibility index (Phi) is 4.08. The van der Waals surface area contributed by atoms with Crippen LogP contribution in [0.5, 0.6) is 5.75 Å². The number of hydrogen-bond donors (Lipinski definition) is 2. The number of aromatic hydroxyl groups is 1. The third-order valence-electron chi connectivity index (χ3n) is 3.02. The van der Waals surface area contributed by atoms with Crippen molar-refractivity contribution in [2.24, 2.45) is 5.92 Å². The zero-order valence-electron chi connectivity index (χ0n) is 9.38. The van der Waals surface area contributed by atoms with Crippen LogP contribution in [0.25, 0.3) is 0 Å². The van der Waals surface area contributed by atoms with E-state index in [1.54, 1.807) is 12.1 Å². The van der Waals surface area contributed by atoms with Crippen molar-refractivity contribution < 1.29 is 5.11 Å². The molecule has 3 heteroatoms. The second-order valence-electron chi connectivity index (χ2n) is 4.54. The van der Waals surface area contributed by atoms with E-state index in [2.05, 4.69) is 5.32 Å². The molecule has 0 aromatic heterocycles. The van der Waals surface area contributed by atoms with Crippen LogP contribution in [0.2, 0.25) is 5.02 Å². The van der Waals surface area contributed by atoms with Crippen molar-refractivity contribution in [1.82, 2.24) is 5.32 Å². The molecule has 2 nitrogen and oxygen atoms in total. The van der Waals surface area contributed by atoms with Gasteiger partial charge in [0.1, 0.15) is 5.75 Å². The molecular weight excluding hydrogens is 222 g/mol. The summed E-state index contributed by atoms with van der Waals surface area (Å²) >= 11 is 5.87. The Labute approximate surface area is 102 Å². The van der Waals surface area contributed by atoms with Crippen LogP contribution < -0.4 is 5.32 Å². The van der Waals surface area contributed by atoms with Crippen molar-refractivity contribution in [3.8, 4) is 5.75 Å². The van der Waals surface area contributed by atoms with Crippen LogP contribution in [-0.2, 0) is 6.54 Å². The fourth-order valence-electron chi connectivity index (χ4n) is 1.84. The molecule has 0 radical (unpaired) electrons. The molecule has 1 aromatic rings. The van der Waals surface area contributed by atoms with E-state index in [1.807, 2.05) is 6.07 Å². The van der Waals surface area contributed by atoms with Crippen molar-refractivity contribution in [2.75, 3.05) is 6.54 Å². The minimum atomic E-state index is 0.319. The van der Waals surface area contributed by atoms with Gasteiger partial charge in [0.25, 0.3) is 0 Å². The molecule has 0 heterocycles. The van der Waals surface area contributed by atoms with E-state index in [-0.39, 0.29) is 0 Å². The van der Waals surface area contributed by atoms with Gasteiger partial charge < -0.3 is 10.4 Å². The van der Waals surface area contributed by atoms with E-state index in [0.717, 1.165) is 18.0 Å². The number of rotatable bonds is 6. The molecule has 0 aliphatic heterocycles. The average molecular weight is 240 g/mol. The normalized spacial score (nSPS) is 15.3. The van der Waals surface area contributed by atoms with Gasteiger partial charge in [-0.1, -0.05) is 24.4 Å². The average Bonchev–Trinajstić information content (AvgIpc) is 3.06. The molecule has 1 aliphatic carbocycles. The van der Waals surface area contributed by atoms with Gasteiger partial charge in [0, 0.05) is 17.1 Å². The molecule has 0 spiro atoms. The molecule has 0 amide bonds. The van der Waals surface area contributed by atoms with Crippen molar-refractivity contribution in [3.05, 3.63) is 28.8 Å². The first-order valence-electron chi connectivity index (χ1n) is 5.94. The summed E-state index contributed by atoms with van der Waals surface area (Å²) in [5.74, 6) is 1.32. The van der Waals surface area contributed by atoms with E-state index in [9.17, 15) is 5.11 Å². The van der Waals surface area contributed by atoms with Crippen LogP contribution in [0.3, 0.4) is 0 Å². The van der Waals surface area contributed by atoms with Gasteiger partial charge in [-0.3, -0.25) is 0 Å². The summed E-state index contributed by atoms with van der Waals surface area (Å²) in [5.41, 5.74) is 0.874. The second-order valence-corrected chi connectivity index (χ2v) is 4.97. The lowest BCUT2D eigenvalue weighted by Gasteiger charge is -2.07. The fraction of sp³-hybridized carbons (Fsp3) is 0.538. The monoisotopic (exact) mass is 239 g/mol. The molecule has 16 heavy (non-hydrogen) atoms. The van der Waals surface area contributed by atoms with Gasteiger partial charge in [-0.2, -0.15) is 0 Å². The largest absolute Gasteiger partial charge is 0.508 e. The topological polar surface area (TPSA) is 32.3 Å². The fourth-order valence-corrected chi connectivity index (χ4v) is 2.04. The summed E-state index contributed by atoms with van der Waals surface area (Å²) in [4.78, 5) is 0. The Morgan fingerprint density at radius 1 is 1.38 bits per heavy atom. The Morgan fingerprint density at radius 2 is 2.19 bits per heavy atom. The molecule has 1 saturated carbocycles. The molecule has 0 saturated heterocycles. The Hall–Kier alpha value is -0.730. The van der Waals surface area contributed by atoms with Gasteiger partial charge in [-0.15, -0.1) is 0 Å². The van der Waals surface area contributed by atoms with E-state index < -0.39 is 0 Å². The quantitative estimate of drug-likeness (QED) is 0.747. The summed E-state index contributed by atoms with van der Waals surface area (Å²) in [5, 5.41) is 13.6. The van der Waals surface area contributed by atoms with Crippen molar-refractivity contribution >= 4 is 11.6 Å². The molecule has 2 rings (SSSR count). The summed E-state index contributed by atoms with van der Waals surface area (Å²) in [6, 6.07) is 5.15. The molecular formula is C13H18ClNO. The van der Waals surface area contributed by atoms with Crippen molar-refractivity contribution in [3.63, 3.8) is 0 Å². The van der Waals surface area contributed by atoms with Gasteiger partial charge in [0.15, 0.2) is 0 Å². The van der Waals surface area contributed by atoms with Gasteiger partial charge in [0.05, 0.1) is 0 Å². The molecule has 1 aliphatic rings. The number of phenols is 1. The van der Waals surface area contributed by atoms with Gasteiger partial charge in [0.2, 0.25) is 0 Å². The standard InChI is InChI=1S/C13H18ClNO/c14-12-5-6-13(16)11(8-12)9-15-7-1-2-10-3-4-10/h5-6,8,10,15-16H,1-4,7,9H2. The SMILES string of the molecule is Oc1ccc(Cl)cc1CNCCCC1CC1. The lowest BCUT2D eigenvalue weighted by Crippen LogP contribution is -2.14. The third kappa shape index (κ3) is 3.69. The highest BCUT2D eigenvalue weighted by Crippen LogP contribution is 2.33. The smallest absolute Gasteiger partial charge is 0.120 e. The zero-order chi connectivity index (χ0) is 11.4. The maximum Gasteiger partial charge on any atom is 0.120 e. The Morgan fingerprint density at radius 3 is 2.94 bits per heavy atom.